The van der Waals surface area contributed by atoms with Gasteiger partial charge in [-0.05, 0) is 47.9 Å². The van der Waals surface area contributed by atoms with E-state index in [1.165, 1.54) is 24.1 Å². The van der Waals surface area contributed by atoms with Crippen LogP contribution in [0.4, 0.5) is 13.2 Å². The van der Waals surface area contributed by atoms with Crippen LogP contribution in [0.2, 0.25) is 0 Å². The molecule has 1 aliphatic rings. The standard InChI is InChI=1S/C25H22F3N3O3/c1-3-34-24-18(14-6-16(26)8-17(27)7-14)4-5-19(23(24)28)25(33)31(2)12-15-9-30-22(13-32)21-11-29-10-20(15)21/h4-9,11,32H,3,10,12-13H2,1-2H3. The minimum Gasteiger partial charge on any atom is -0.490 e. The fourth-order valence-corrected chi connectivity index (χ4v) is 3.96. The molecule has 34 heavy (non-hydrogen) atoms. The summed E-state index contributed by atoms with van der Waals surface area (Å²) in [4.78, 5) is 22.9. The molecule has 6 nitrogen and oxygen atoms in total. The maximum atomic E-state index is 15.5. The summed E-state index contributed by atoms with van der Waals surface area (Å²) >= 11 is 0. The third kappa shape index (κ3) is 4.38. The molecule has 0 fully saturated rings. The molecule has 9 heteroatoms. The molecule has 4 rings (SSSR count). The summed E-state index contributed by atoms with van der Waals surface area (Å²) in [7, 11) is 1.53. The Labute approximate surface area is 194 Å². The zero-order valence-corrected chi connectivity index (χ0v) is 18.6. The number of carbonyl (C=O) groups is 1. The molecular formula is C25H22F3N3O3. The van der Waals surface area contributed by atoms with Crippen molar-refractivity contribution in [2.24, 2.45) is 4.99 Å². The van der Waals surface area contributed by atoms with E-state index in [9.17, 15) is 18.7 Å². The van der Waals surface area contributed by atoms with Gasteiger partial charge in [0.15, 0.2) is 11.6 Å². The highest BCUT2D eigenvalue weighted by molar-refractivity contribution is 5.96. The molecule has 1 N–H and O–H groups in total. The van der Waals surface area contributed by atoms with E-state index >= 15 is 4.39 Å². The summed E-state index contributed by atoms with van der Waals surface area (Å²) in [5, 5.41) is 9.46. The second kappa shape index (κ2) is 9.64. The molecule has 2 heterocycles. The van der Waals surface area contributed by atoms with Crippen LogP contribution in [0.25, 0.3) is 11.1 Å². The van der Waals surface area contributed by atoms with E-state index in [-0.39, 0.29) is 42.2 Å². The normalized spacial score (nSPS) is 12.1. The third-order valence-electron chi connectivity index (χ3n) is 5.56. The van der Waals surface area contributed by atoms with Gasteiger partial charge < -0.3 is 14.7 Å². The number of halogens is 3. The molecule has 0 atom stereocenters. The van der Waals surface area contributed by atoms with Crippen molar-refractivity contribution in [1.82, 2.24) is 9.88 Å². The number of aliphatic hydroxyl groups is 1. The molecule has 1 aromatic heterocycles. The lowest BCUT2D eigenvalue weighted by molar-refractivity contribution is 0.0779. The van der Waals surface area contributed by atoms with E-state index in [0.717, 1.165) is 34.9 Å². The first-order chi connectivity index (χ1) is 16.3. The molecule has 2 aromatic carbocycles. The van der Waals surface area contributed by atoms with Crippen LogP contribution in [-0.4, -0.2) is 40.8 Å². The highest BCUT2D eigenvalue weighted by atomic mass is 19.1. The summed E-state index contributed by atoms with van der Waals surface area (Å²) in [6, 6.07) is 5.54. The lowest BCUT2D eigenvalue weighted by Crippen LogP contribution is -2.28. The second-order valence-corrected chi connectivity index (χ2v) is 7.81. The third-order valence-corrected chi connectivity index (χ3v) is 5.56. The molecule has 0 aliphatic carbocycles. The predicted molar refractivity (Wildman–Crippen MR) is 120 cm³/mol. The number of ether oxygens (including phenoxy) is 1. The van der Waals surface area contributed by atoms with Gasteiger partial charge in [-0.25, -0.2) is 13.2 Å². The number of aromatic nitrogens is 1. The highest BCUT2D eigenvalue weighted by Gasteiger charge is 2.25. The molecule has 1 amide bonds. The number of amides is 1. The number of aliphatic imine (C=N–C) groups is 1. The van der Waals surface area contributed by atoms with Gasteiger partial charge in [0.1, 0.15) is 11.6 Å². The van der Waals surface area contributed by atoms with Crippen LogP contribution in [0.1, 0.15) is 39.7 Å². The molecular weight excluding hydrogens is 447 g/mol. The second-order valence-electron chi connectivity index (χ2n) is 7.81. The Balaban J connectivity index is 1.66. The smallest absolute Gasteiger partial charge is 0.257 e. The average Bonchev–Trinajstić information content (AvgIpc) is 3.30. The maximum absolute atomic E-state index is 15.5. The Bertz CT molecular complexity index is 1270. The van der Waals surface area contributed by atoms with Crippen LogP contribution >= 0.6 is 0 Å². The van der Waals surface area contributed by atoms with Gasteiger partial charge in [0.05, 0.1) is 31.0 Å². The Morgan fingerprint density at radius 1 is 1.18 bits per heavy atom. The van der Waals surface area contributed by atoms with Crippen LogP contribution in [0, 0.1) is 17.5 Å². The average molecular weight is 469 g/mol. The van der Waals surface area contributed by atoms with E-state index in [1.807, 2.05) is 0 Å². The summed E-state index contributed by atoms with van der Waals surface area (Å²) < 4.78 is 48.4. The zero-order chi connectivity index (χ0) is 24.4. The number of pyridine rings is 1. The number of hydrogen-bond acceptors (Lipinski definition) is 5. The Hall–Kier alpha value is -3.72. The largest absolute Gasteiger partial charge is 0.490 e. The summed E-state index contributed by atoms with van der Waals surface area (Å²) in [6.45, 7) is 2.05. The number of rotatable bonds is 7. The lowest BCUT2D eigenvalue weighted by Gasteiger charge is -2.21. The van der Waals surface area contributed by atoms with Crippen molar-refractivity contribution >= 4 is 12.1 Å². The van der Waals surface area contributed by atoms with Gasteiger partial charge in [0, 0.05) is 43.2 Å². The van der Waals surface area contributed by atoms with Crippen molar-refractivity contribution in [2.45, 2.75) is 26.6 Å². The molecule has 0 radical (unpaired) electrons. The van der Waals surface area contributed by atoms with Gasteiger partial charge >= 0.3 is 0 Å². The van der Waals surface area contributed by atoms with Gasteiger partial charge in [0.25, 0.3) is 5.91 Å². The van der Waals surface area contributed by atoms with Crippen molar-refractivity contribution in [3.63, 3.8) is 0 Å². The number of carbonyl (C=O) groups excluding carboxylic acids is 1. The number of nitrogens with zero attached hydrogens (tertiary/aromatic N) is 3. The zero-order valence-electron chi connectivity index (χ0n) is 18.6. The first-order valence-corrected chi connectivity index (χ1v) is 10.6. The minimum absolute atomic E-state index is 0.0875. The van der Waals surface area contributed by atoms with Crippen LogP contribution in [0.15, 0.2) is 41.5 Å². The van der Waals surface area contributed by atoms with Crippen LogP contribution in [-0.2, 0) is 19.7 Å². The molecule has 3 aromatic rings. The van der Waals surface area contributed by atoms with E-state index in [2.05, 4.69) is 9.98 Å². The number of aliphatic hydroxyl groups excluding tert-OH is 1. The quantitative estimate of drug-likeness (QED) is 0.561. The van der Waals surface area contributed by atoms with E-state index < -0.39 is 23.4 Å². The SMILES string of the molecule is CCOc1c(-c2cc(F)cc(F)c2)ccc(C(=O)N(C)Cc2cnc(CO)c3c2CN=C3)c1F. The first-order valence-electron chi connectivity index (χ1n) is 10.6. The number of benzene rings is 2. The summed E-state index contributed by atoms with van der Waals surface area (Å²) in [6.07, 6.45) is 3.22. The Morgan fingerprint density at radius 2 is 1.91 bits per heavy atom. The van der Waals surface area contributed by atoms with Gasteiger partial charge in [-0.2, -0.15) is 0 Å². The van der Waals surface area contributed by atoms with Crippen LogP contribution < -0.4 is 4.74 Å². The topological polar surface area (TPSA) is 75.0 Å². The maximum Gasteiger partial charge on any atom is 0.257 e. The molecule has 0 saturated carbocycles. The van der Waals surface area contributed by atoms with Crippen molar-refractivity contribution in [3.05, 3.63) is 81.9 Å². The fraction of sp³-hybridized carbons (Fsp3) is 0.240. The van der Waals surface area contributed by atoms with Gasteiger partial charge in [0.2, 0.25) is 0 Å². The number of fused-ring (bicyclic) bond motifs is 1. The molecule has 0 unspecified atom stereocenters. The molecule has 0 saturated heterocycles. The Morgan fingerprint density at radius 3 is 2.59 bits per heavy atom. The monoisotopic (exact) mass is 469 g/mol. The fourth-order valence-electron chi connectivity index (χ4n) is 3.96. The van der Waals surface area contributed by atoms with Crippen LogP contribution in [0.3, 0.4) is 0 Å². The minimum atomic E-state index is -0.914. The van der Waals surface area contributed by atoms with E-state index in [0.29, 0.717) is 12.2 Å². The summed E-state index contributed by atoms with van der Waals surface area (Å²) in [5.41, 5.74) is 2.83. The van der Waals surface area contributed by atoms with Crippen molar-refractivity contribution in [1.29, 1.82) is 0 Å². The number of hydrogen-bond donors (Lipinski definition) is 1. The van der Waals surface area contributed by atoms with E-state index in [1.54, 1.807) is 19.3 Å². The van der Waals surface area contributed by atoms with Gasteiger partial charge in [-0.15, -0.1) is 0 Å². The van der Waals surface area contributed by atoms with Crippen molar-refractivity contribution in [3.8, 4) is 16.9 Å². The highest BCUT2D eigenvalue weighted by Crippen LogP contribution is 2.35. The van der Waals surface area contributed by atoms with Crippen molar-refractivity contribution in [2.75, 3.05) is 13.7 Å². The molecule has 0 bridgehead atoms. The van der Waals surface area contributed by atoms with E-state index in [4.69, 9.17) is 4.74 Å². The van der Waals surface area contributed by atoms with Gasteiger partial charge in [-0.1, -0.05) is 0 Å². The Kier molecular flexibility index (Phi) is 6.65. The lowest BCUT2D eigenvalue weighted by atomic mass is 10.0. The van der Waals surface area contributed by atoms with Crippen molar-refractivity contribution < 1.29 is 27.8 Å². The first kappa shape index (κ1) is 23.4. The predicted octanol–water partition coefficient (Wildman–Crippen LogP) is 4.26. The van der Waals surface area contributed by atoms with Crippen LogP contribution in [0.5, 0.6) is 5.75 Å². The molecule has 0 spiro atoms. The molecule has 176 valence electrons. The molecule has 1 aliphatic heterocycles. The summed E-state index contributed by atoms with van der Waals surface area (Å²) in [5.74, 6) is -3.39. The van der Waals surface area contributed by atoms with Gasteiger partial charge in [-0.3, -0.25) is 14.8 Å².